The molecular weight excluding hydrogens is 1010 g/mol. The Labute approximate surface area is 401 Å². The molecular formula is C42H30N10O13S5. The first-order valence-electron chi connectivity index (χ1n) is 19.3. The second-order valence-electron chi connectivity index (χ2n) is 14.5. The molecule has 2 aromatic heterocycles. The van der Waals surface area contributed by atoms with Gasteiger partial charge in [0.1, 0.15) is 38.2 Å². The first kappa shape index (κ1) is 50.0. The highest BCUT2D eigenvalue weighted by atomic mass is 32.2. The van der Waals surface area contributed by atoms with Crippen molar-refractivity contribution >= 4 is 119 Å². The number of nitrogens with zero attached hydrogens (tertiary/aromatic N) is 7. The third-order valence-electron chi connectivity index (χ3n) is 9.79. The van der Waals surface area contributed by atoms with Gasteiger partial charge in [-0.2, -0.15) is 44.2 Å². The van der Waals surface area contributed by atoms with E-state index in [0.717, 1.165) is 59.9 Å². The Morgan fingerprint density at radius 3 is 1.64 bits per heavy atom. The molecule has 0 bridgehead atoms. The number of amides is 1. The van der Waals surface area contributed by atoms with Gasteiger partial charge in [-0.05, 0) is 91.3 Å². The Kier molecular flexibility index (Phi) is 13.7. The molecule has 7 N–H and O–H groups in total. The topological polar surface area (TPSA) is 381 Å². The van der Waals surface area contributed by atoms with Gasteiger partial charge in [0.2, 0.25) is 5.91 Å². The Bertz CT molecular complexity index is 3910. The van der Waals surface area contributed by atoms with Crippen molar-refractivity contribution in [1.82, 2.24) is 4.98 Å². The van der Waals surface area contributed by atoms with E-state index in [1.165, 1.54) is 68.4 Å². The normalized spacial score (nSPS) is 12.2. The van der Waals surface area contributed by atoms with Gasteiger partial charge in [-0.1, -0.05) is 35.6 Å². The summed E-state index contributed by atoms with van der Waals surface area (Å²) in [4.78, 5) is 14.0. The van der Waals surface area contributed by atoms with Crippen molar-refractivity contribution in [3.63, 3.8) is 0 Å². The summed E-state index contributed by atoms with van der Waals surface area (Å²) in [7, 11) is -19.1. The summed E-state index contributed by atoms with van der Waals surface area (Å²) in [6, 6.07) is 25.1. The molecule has 23 nitrogen and oxygen atoms in total. The van der Waals surface area contributed by atoms with Crippen LogP contribution in [0.5, 0.6) is 0 Å². The molecule has 0 spiro atoms. The molecule has 0 fully saturated rings. The van der Waals surface area contributed by atoms with Gasteiger partial charge in [0.15, 0.2) is 16.6 Å². The highest BCUT2D eigenvalue weighted by Gasteiger charge is 2.25. The van der Waals surface area contributed by atoms with E-state index in [4.69, 9.17) is 0 Å². The van der Waals surface area contributed by atoms with E-state index in [1.54, 1.807) is 0 Å². The molecule has 356 valence electrons. The number of aromatic nitrogens is 1. The van der Waals surface area contributed by atoms with Crippen molar-refractivity contribution in [3.8, 4) is 23.3 Å². The summed E-state index contributed by atoms with van der Waals surface area (Å²) in [5.41, 5.74) is 0.680. The predicted molar refractivity (Wildman–Crippen MR) is 253 cm³/mol. The zero-order chi connectivity index (χ0) is 50.9. The van der Waals surface area contributed by atoms with Crippen LogP contribution in [0.25, 0.3) is 21.9 Å². The van der Waals surface area contributed by atoms with Gasteiger partial charge in [0.05, 0.1) is 21.0 Å². The summed E-state index contributed by atoms with van der Waals surface area (Å²) >= 11 is 0.741. The number of azo groups is 2. The molecule has 0 atom stereocenters. The number of pyridine rings is 1. The molecule has 0 aliphatic heterocycles. The quantitative estimate of drug-likeness (QED) is 0.0394. The van der Waals surface area contributed by atoms with Gasteiger partial charge in [-0.15, -0.1) is 20.5 Å². The maximum absolute atomic E-state index is 12.5. The molecule has 0 aliphatic carbocycles. The molecule has 7 aromatic rings. The Morgan fingerprint density at radius 1 is 0.600 bits per heavy atom. The number of carbonyl (C=O) groups excluding carboxylic acids is 1. The van der Waals surface area contributed by atoms with Crippen LogP contribution in [0, 0.1) is 29.6 Å². The molecule has 1 amide bonds. The van der Waals surface area contributed by atoms with Gasteiger partial charge < -0.3 is 16.0 Å². The molecule has 0 aliphatic rings. The number of rotatable bonds is 14. The van der Waals surface area contributed by atoms with Crippen LogP contribution in [-0.2, 0) is 45.3 Å². The van der Waals surface area contributed by atoms with Crippen molar-refractivity contribution < 1.29 is 56.7 Å². The molecule has 0 radical (unpaired) electrons. The lowest BCUT2D eigenvalue weighted by atomic mass is 10.0. The van der Waals surface area contributed by atoms with Crippen LogP contribution in [0.4, 0.5) is 50.1 Å². The van der Waals surface area contributed by atoms with Crippen LogP contribution in [0.1, 0.15) is 23.6 Å². The van der Waals surface area contributed by atoms with E-state index in [0.29, 0.717) is 11.3 Å². The van der Waals surface area contributed by atoms with Gasteiger partial charge in [-0.25, -0.2) is 4.98 Å². The zero-order valence-electron chi connectivity index (χ0n) is 35.4. The van der Waals surface area contributed by atoms with Crippen molar-refractivity contribution in [1.29, 1.82) is 10.5 Å². The number of carbonyl (C=O) groups is 1. The van der Waals surface area contributed by atoms with Crippen LogP contribution >= 0.6 is 11.3 Å². The fourth-order valence-electron chi connectivity index (χ4n) is 6.67. The second-order valence-corrected chi connectivity index (χ2v) is 21.1. The fourth-order valence-corrected chi connectivity index (χ4v) is 9.97. The van der Waals surface area contributed by atoms with Crippen LogP contribution in [-0.4, -0.2) is 62.8 Å². The van der Waals surface area contributed by atoms with Crippen LogP contribution < -0.4 is 16.0 Å². The maximum Gasteiger partial charge on any atom is 0.295 e. The molecule has 70 heavy (non-hydrogen) atoms. The smallest absolute Gasteiger partial charge is 0.295 e. The number of benzene rings is 5. The lowest BCUT2D eigenvalue weighted by Crippen LogP contribution is -2.05. The van der Waals surface area contributed by atoms with E-state index in [1.807, 2.05) is 6.07 Å². The molecule has 2 heterocycles. The van der Waals surface area contributed by atoms with E-state index in [9.17, 15) is 67.2 Å². The van der Waals surface area contributed by atoms with Crippen molar-refractivity contribution in [3.05, 3.63) is 120 Å². The minimum Gasteiger partial charge on any atom is -0.339 e. The maximum atomic E-state index is 12.5. The van der Waals surface area contributed by atoms with E-state index >= 15 is 0 Å². The Morgan fingerprint density at radius 2 is 1.13 bits per heavy atom. The average Bonchev–Trinajstić information content (AvgIpc) is 3.64. The van der Waals surface area contributed by atoms with Crippen molar-refractivity contribution in [2.45, 2.75) is 33.4 Å². The SMILES string of the molecule is CC(=O)Nc1ccc(-c2c(N=Nc3cc(S(=O)(=O)O)c4cccc(S(=O)(=O)O)c4c3)sc(N=Nc3c(Nc4ccc(S(=O)(=O)O)cc4)nc(Nc4ccc(S(=O)(=O)O)cc4)c(C#N)c3C)c2C#N)cc1. The standard InChI is InChI=1S/C42H30N10O13S5/c1-22-33(20-43)39(46-26-10-14-29(15-11-26)67(54,55)56)48-40(47-27-12-16-30(17-13-27)68(57,58)59)38(22)50-51-41-34(21-44)37(24-6-8-25(9-7-24)45-23(2)53)42(66-41)52-49-28-18-32-31(36(19-28)70(63,64)65)4-3-5-35(32)69(60,61)62/h3-19H,1-2H3,(H,45,53)(H2,46,47,48)(H,54,55,56)(H,57,58,59)(H,60,61,62)(H,63,64,65). The molecule has 5 aromatic carbocycles. The molecule has 7 rings (SSSR count). The molecule has 0 unspecified atom stereocenters. The van der Waals surface area contributed by atoms with Gasteiger partial charge in [0, 0.05) is 45.9 Å². The van der Waals surface area contributed by atoms with Gasteiger partial charge in [-0.3, -0.25) is 23.0 Å². The lowest BCUT2D eigenvalue weighted by Gasteiger charge is -2.16. The zero-order valence-corrected chi connectivity index (χ0v) is 39.5. The number of hydrogen-bond acceptors (Lipinski definition) is 19. The minimum absolute atomic E-state index is 0.0567. The first-order valence-corrected chi connectivity index (χ1v) is 25.9. The largest absolute Gasteiger partial charge is 0.339 e. The number of anilines is 5. The molecule has 28 heteroatoms. The minimum atomic E-state index is -5.04. The summed E-state index contributed by atoms with van der Waals surface area (Å²) in [5.74, 6) is -0.580. The van der Waals surface area contributed by atoms with Gasteiger partial charge >= 0.3 is 0 Å². The average molecular weight is 1040 g/mol. The summed E-state index contributed by atoms with van der Waals surface area (Å²) < 4.78 is 135. The van der Waals surface area contributed by atoms with Crippen LogP contribution in [0.2, 0.25) is 0 Å². The van der Waals surface area contributed by atoms with Crippen LogP contribution in [0.15, 0.2) is 143 Å². The summed E-state index contributed by atoms with van der Waals surface area (Å²) in [6.45, 7) is 2.78. The van der Waals surface area contributed by atoms with E-state index in [2.05, 4.69) is 47.5 Å². The number of hydrogen-bond donors (Lipinski definition) is 7. The fraction of sp³-hybridized carbons (Fsp3) is 0.0476. The second kappa shape index (κ2) is 19.2. The summed E-state index contributed by atoms with van der Waals surface area (Å²) in [6.07, 6.45) is 0. The monoisotopic (exact) mass is 1040 g/mol. The molecule has 0 saturated carbocycles. The Balaban J connectivity index is 1.40. The number of nitrogens with one attached hydrogen (secondary N) is 3. The van der Waals surface area contributed by atoms with Crippen molar-refractivity contribution in [2.24, 2.45) is 20.5 Å². The third-order valence-corrected chi connectivity index (χ3v) is 14.3. The summed E-state index contributed by atoms with van der Waals surface area (Å²) in [5, 5.41) is 46.0. The highest BCUT2D eigenvalue weighted by molar-refractivity contribution is 7.86. The van der Waals surface area contributed by atoms with E-state index < -0.39 is 60.1 Å². The predicted octanol–water partition coefficient (Wildman–Crippen LogP) is 9.28. The van der Waals surface area contributed by atoms with Crippen molar-refractivity contribution in [2.75, 3.05) is 16.0 Å². The third kappa shape index (κ3) is 11.0. The Hall–Kier alpha value is -7.90. The number of nitriles is 2. The lowest BCUT2D eigenvalue weighted by molar-refractivity contribution is -0.114. The first-order chi connectivity index (χ1) is 32.8. The van der Waals surface area contributed by atoms with E-state index in [-0.39, 0.29) is 83.3 Å². The number of fused-ring (bicyclic) bond motifs is 1. The van der Waals surface area contributed by atoms with Crippen LogP contribution in [0.3, 0.4) is 0 Å². The number of thiophene rings is 1. The highest BCUT2D eigenvalue weighted by Crippen LogP contribution is 2.49. The molecule has 0 saturated heterocycles. The van der Waals surface area contributed by atoms with Gasteiger partial charge in [0.25, 0.3) is 40.5 Å².